The highest BCUT2D eigenvalue weighted by atomic mass is 79.9. The zero-order valence-electron chi connectivity index (χ0n) is 9.64. The van der Waals surface area contributed by atoms with Gasteiger partial charge in [-0.3, -0.25) is 4.79 Å². The lowest BCUT2D eigenvalue weighted by atomic mass is 10.2. The van der Waals surface area contributed by atoms with Gasteiger partial charge >= 0.3 is 0 Å². The van der Waals surface area contributed by atoms with E-state index in [1.54, 1.807) is 18.3 Å². The molecule has 0 bridgehead atoms. The second kappa shape index (κ2) is 6.17. The molecule has 2 aromatic rings. The van der Waals surface area contributed by atoms with Gasteiger partial charge in [0.1, 0.15) is 0 Å². The molecule has 3 heteroatoms. The molecule has 1 amide bonds. The zero-order chi connectivity index (χ0) is 12.8. The molecule has 0 heterocycles. The molecule has 1 N–H and O–H groups in total. The van der Waals surface area contributed by atoms with Crippen LogP contribution < -0.4 is 5.32 Å². The Labute approximate surface area is 114 Å². The third-order valence-electron chi connectivity index (χ3n) is 2.42. The lowest BCUT2D eigenvalue weighted by Crippen LogP contribution is -2.16. The normalized spacial score (nSPS) is 10.5. The Balaban J connectivity index is 2.00. The zero-order valence-corrected chi connectivity index (χ0v) is 11.2. The fraction of sp³-hybridized carbons (Fsp3) is 0. The summed E-state index contributed by atoms with van der Waals surface area (Å²) in [6.45, 7) is 0. The van der Waals surface area contributed by atoms with E-state index in [1.165, 1.54) is 0 Å². The standard InChI is InChI=1S/C15H12BrNO/c16-14-9-5-4-6-12(14)10-11-17-15(18)13-7-2-1-3-8-13/h1-11H,(H,17,18). The first-order valence-corrected chi connectivity index (χ1v) is 6.33. The molecule has 18 heavy (non-hydrogen) atoms. The number of halogens is 1. The minimum absolute atomic E-state index is 0.112. The second-order valence-electron chi connectivity index (χ2n) is 3.69. The Morgan fingerprint density at radius 3 is 2.39 bits per heavy atom. The lowest BCUT2D eigenvalue weighted by Gasteiger charge is -2.00. The highest BCUT2D eigenvalue weighted by Crippen LogP contribution is 2.16. The van der Waals surface area contributed by atoms with E-state index in [0.29, 0.717) is 5.56 Å². The third kappa shape index (κ3) is 3.31. The van der Waals surface area contributed by atoms with Crippen LogP contribution in [0.3, 0.4) is 0 Å². The van der Waals surface area contributed by atoms with Crippen LogP contribution in [0.2, 0.25) is 0 Å². The number of carbonyl (C=O) groups excluding carboxylic acids is 1. The van der Waals surface area contributed by atoms with Crippen molar-refractivity contribution in [2.75, 3.05) is 0 Å². The average molecular weight is 302 g/mol. The summed E-state index contributed by atoms with van der Waals surface area (Å²) in [4.78, 5) is 11.7. The number of hydrogen-bond donors (Lipinski definition) is 1. The van der Waals surface area contributed by atoms with E-state index in [9.17, 15) is 4.79 Å². The van der Waals surface area contributed by atoms with Crippen molar-refractivity contribution in [2.24, 2.45) is 0 Å². The third-order valence-corrected chi connectivity index (χ3v) is 3.14. The molecule has 0 radical (unpaired) electrons. The molecular weight excluding hydrogens is 290 g/mol. The van der Waals surface area contributed by atoms with Crippen molar-refractivity contribution >= 4 is 27.9 Å². The molecule has 2 nitrogen and oxygen atoms in total. The van der Waals surface area contributed by atoms with Crippen LogP contribution in [0.15, 0.2) is 65.3 Å². The van der Waals surface area contributed by atoms with Gasteiger partial charge in [-0.25, -0.2) is 0 Å². The topological polar surface area (TPSA) is 29.1 Å². The van der Waals surface area contributed by atoms with E-state index in [0.717, 1.165) is 10.0 Å². The van der Waals surface area contributed by atoms with Crippen molar-refractivity contribution in [3.05, 3.63) is 76.4 Å². The van der Waals surface area contributed by atoms with Crippen molar-refractivity contribution in [3.63, 3.8) is 0 Å². The molecule has 0 aromatic heterocycles. The van der Waals surface area contributed by atoms with Crippen LogP contribution in [-0.4, -0.2) is 5.91 Å². The van der Waals surface area contributed by atoms with Crippen LogP contribution >= 0.6 is 15.9 Å². The van der Waals surface area contributed by atoms with Gasteiger partial charge in [0.2, 0.25) is 0 Å². The summed E-state index contributed by atoms with van der Waals surface area (Å²) >= 11 is 3.44. The van der Waals surface area contributed by atoms with E-state index in [1.807, 2.05) is 48.5 Å². The molecule has 0 spiro atoms. The summed E-state index contributed by atoms with van der Waals surface area (Å²) in [5.74, 6) is -0.112. The van der Waals surface area contributed by atoms with Crippen LogP contribution in [0.5, 0.6) is 0 Å². The molecular formula is C15H12BrNO. The van der Waals surface area contributed by atoms with Gasteiger partial charge in [0.25, 0.3) is 5.91 Å². The molecule has 0 aliphatic heterocycles. The first kappa shape index (κ1) is 12.6. The first-order valence-electron chi connectivity index (χ1n) is 5.54. The summed E-state index contributed by atoms with van der Waals surface area (Å²) in [5.41, 5.74) is 1.67. The summed E-state index contributed by atoms with van der Waals surface area (Å²) in [6.07, 6.45) is 3.50. The second-order valence-corrected chi connectivity index (χ2v) is 4.55. The van der Waals surface area contributed by atoms with Crippen LogP contribution in [-0.2, 0) is 0 Å². The first-order chi connectivity index (χ1) is 8.77. The Kier molecular flexibility index (Phi) is 4.31. The smallest absolute Gasteiger partial charge is 0.255 e. The maximum absolute atomic E-state index is 11.7. The Morgan fingerprint density at radius 2 is 1.67 bits per heavy atom. The monoisotopic (exact) mass is 301 g/mol. The van der Waals surface area contributed by atoms with Crippen molar-refractivity contribution in [3.8, 4) is 0 Å². The van der Waals surface area contributed by atoms with Gasteiger partial charge in [-0.15, -0.1) is 0 Å². The van der Waals surface area contributed by atoms with Gasteiger partial charge in [-0.2, -0.15) is 0 Å². The van der Waals surface area contributed by atoms with E-state index in [2.05, 4.69) is 21.2 Å². The predicted octanol–water partition coefficient (Wildman–Crippen LogP) is 3.85. The largest absolute Gasteiger partial charge is 0.329 e. The van der Waals surface area contributed by atoms with Gasteiger partial charge in [0.05, 0.1) is 0 Å². The highest BCUT2D eigenvalue weighted by Gasteiger charge is 2.00. The number of rotatable bonds is 3. The molecule has 0 unspecified atom stereocenters. The van der Waals surface area contributed by atoms with Crippen molar-refractivity contribution in [2.45, 2.75) is 0 Å². The molecule has 2 aromatic carbocycles. The lowest BCUT2D eigenvalue weighted by molar-refractivity contribution is 0.0970. The van der Waals surface area contributed by atoms with E-state index < -0.39 is 0 Å². The summed E-state index contributed by atoms with van der Waals surface area (Å²) in [7, 11) is 0. The van der Waals surface area contributed by atoms with Crippen LogP contribution in [0.1, 0.15) is 15.9 Å². The number of carbonyl (C=O) groups is 1. The Bertz CT molecular complexity index is 564. The molecule has 0 aliphatic rings. The molecule has 90 valence electrons. The molecule has 0 saturated heterocycles. The maximum atomic E-state index is 11.7. The number of amides is 1. The summed E-state index contributed by atoms with van der Waals surface area (Å²) < 4.78 is 0.996. The SMILES string of the molecule is O=C(NC=Cc1ccccc1Br)c1ccccc1. The van der Waals surface area contributed by atoms with Crippen LogP contribution in [0.4, 0.5) is 0 Å². The van der Waals surface area contributed by atoms with Gasteiger partial charge in [0, 0.05) is 16.2 Å². The summed E-state index contributed by atoms with van der Waals surface area (Å²) in [6, 6.07) is 16.9. The van der Waals surface area contributed by atoms with Crippen molar-refractivity contribution < 1.29 is 4.79 Å². The quantitative estimate of drug-likeness (QED) is 0.916. The molecule has 0 atom stereocenters. The molecule has 0 saturated carbocycles. The van der Waals surface area contributed by atoms with Gasteiger partial charge in [-0.1, -0.05) is 52.3 Å². The van der Waals surface area contributed by atoms with Crippen LogP contribution in [0, 0.1) is 0 Å². The van der Waals surface area contributed by atoms with Gasteiger partial charge in [-0.05, 0) is 29.8 Å². The minimum Gasteiger partial charge on any atom is -0.329 e. The van der Waals surface area contributed by atoms with Crippen molar-refractivity contribution in [1.29, 1.82) is 0 Å². The van der Waals surface area contributed by atoms with Crippen molar-refractivity contribution in [1.82, 2.24) is 5.32 Å². The minimum atomic E-state index is -0.112. The summed E-state index contributed by atoms with van der Waals surface area (Å²) in [5, 5.41) is 2.73. The fourth-order valence-corrected chi connectivity index (χ4v) is 1.91. The number of hydrogen-bond acceptors (Lipinski definition) is 1. The molecule has 2 rings (SSSR count). The maximum Gasteiger partial charge on any atom is 0.255 e. The van der Waals surface area contributed by atoms with Crippen LogP contribution in [0.25, 0.3) is 6.08 Å². The van der Waals surface area contributed by atoms with Gasteiger partial charge in [0.15, 0.2) is 0 Å². The molecule has 0 fully saturated rings. The van der Waals surface area contributed by atoms with Gasteiger partial charge < -0.3 is 5.32 Å². The van der Waals surface area contributed by atoms with E-state index in [4.69, 9.17) is 0 Å². The predicted molar refractivity (Wildman–Crippen MR) is 77.1 cm³/mol. The Hall–Kier alpha value is -1.87. The number of nitrogens with one attached hydrogen (secondary N) is 1. The fourth-order valence-electron chi connectivity index (χ4n) is 1.49. The van der Waals surface area contributed by atoms with E-state index in [-0.39, 0.29) is 5.91 Å². The Morgan fingerprint density at radius 1 is 1.00 bits per heavy atom. The number of benzene rings is 2. The van der Waals surface area contributed by atoms with E-state index >= 15 is 0 Å². The molecule has 0 aliphatic carbocycles. The highest BCUT2D eigenvalue weighted by molar-refractivity contribution is 9.10. The average Bonchev–Trinajstić information content (AvgIpc) is 2.42.